The zero-order valence-electron chi connectivity index (χ0n) is 21.1. The van der Waals surface area contributed by atoms with Crippen molar-refractivity contribution in [2.45, 2.75) is 11.1 Å². The van der Waals surface area contributed by atoms with Crippen LogP contribution in [0.5, 0.6) is 23.0 Å². The highest BCUT2D eigenvalue weighted by atomic mass is 35.5. The van der Waals surface area contributed by atoms with E-state index in [0.29, 0.717) is 6.07 Å². The number of amides is 1. The van der Waals surface area contributed by atoms with E-state index in [2.05, 4.69) is 5.32 Å². The van der Waals surface area contributed by atoms with Gasteiger partial charge in [-0.3, -0.25) is 9.10 Å². The number of carbonyl (C=O) groups excluding carboxylic acids is 1. The molecule has 0 unspecified atom stereocenters. The third-order valence-electron chi connectivity index (χ3n) is 5.45. The van der Waals surface area contributed by atoms with E-state index < -0.39 is 34.2 Å². The number of hydrogen-bond acceptors (Lipinski definition) is 7. The molecule has 39 heavy (non-hydrogen) atoms. The second-order valence-electron chi connectivity index (χ2n) is 7.81. The number of ether oxygens (including phenoxy) is 4. The first kappa shape index (κ1) is 29.7. The topological polar surface area (TPSA) is 103 Å². The molecule has 0 aliphatic heterocycles. The fourth-order valence-electron chi connectivity index (χ4n) is 3.51. The summed E-state index contributed by atoms with van der Waals surface area (Å²) in [5.41, 5.74) is -1.47. The molecule has 0 atom stereocenters. The van der Waals surface area contributed by atoms with Crippen molar-refractivity contribution in [3.63, 3.8) is 0 Å². The number of anilines is 2. The van der Waals surface area contributed by atoms with Crippen molar-refractivity contribution in [3.05, 3.63) is 65.2 Å². The molecule has 14 heteroatoms. The van der Waals surface area contributed by atoms with Gasteiger partial charge in [0.1, 0.15) is 18.0 Å². The third kappa shape index (κ3) is 6.60. The lowest BCUT2D eigenvalue weighted by Gasteiger charge is -2.26. The molecule has 0 radical (unpaired) electrons. The zero-order chi connectivity index (χ0) is 29.0. The smallest absolute Gasteiger partial charge is 0.416 e. The number of halogens is 4. The lowest BCUT2D eigenvalue weighted by atomic mass is 10.2. The minimum absolute atomic E-state index is 0.0723. The van der Waals surface area contributed by atoms with Crippen molar-refractivity contribution in [3.8, 4) is 23.0 Å². The van der Waals surface area contributed by atoms with Gasteiger partial charge in [0.2, 0.25) is 5.91 Å². The van der Waals surface area contributed by atoms with Crippen LogP contribution in [0.15, 0.2) is 59.5 Å². The zero-order valence-corrected chi connectivity index (χ0v) is 22.7. The Bertz CT molecular complexity index is 1470. The fourth-order valence-corrected chi connectivity index (χ4v) is 5.12. The Hall–Kier alpha value is -3.84. The number of carbonyl (C=O) groups is 1. The maximum absolute atomic E-state index is 13.9. The van der Waals surface area contributed by atoms with Crippen molar-refractivity contribution < 1.29 is 45.3 Å². The molecule has 0 saturated carbocycles. The van der Waals surface area contributed by atoms with Crippen LogP contribution in [0.1, 0.15) is 5.56 Å². The predicted molar refractivity (Wildman–Crippen MR) is 139 cm³/mol. The highest BCUT2D eigenvalue weighted by Gasteiger charge is 2.33. The molecule has 0 saturated heterocycles. The van der Waals surface area contributed by atoms with E-state index in [9.17, 15) is 26.4 Å². The standard InChI is InChI=1S/C25H24ClF3N2O7S/c1-35-16-6-9-21(36-2)20(12-16)31(39(33,34)17-7-10-22(37-3)23(13-17)38-4)14-24(32)30-19-11-15(25(27,28)29)5-8-18(19)26/h5-13H,14H2,1-4H3,(H,30,32). The van der Waals surface area contributed by atoms with Gasteiger partial charge in [0.15, 0.2) is 11.5 Å². The molecular weight excluding hydrogens is 565 g/mol. The van der Waals surface area contributed by atoms with Gasteiger partial charge in [-0.2, -0.15) is 13.2 Å². The van der Waals surface area contributed by atoms with Gasteiger partial charge >= 0.3 is 6.18 Å². The lowest BCUT2D eigenvalue weighted by Crippen LogP contribution is -2.38. The maximum Gasteiger partial charge on any atom is 0.416 e. The van der Waals surface area contributed by atoms with Crippen LogP contribution >= 0.6 is 11.6 Å². The average Bonchev–Trinajstić information content (AvgIpc) is 2.91. The molecular formula is C25H24ClF3N2O7S. The van der Waals surface area contributed by atoms with Crippen LogP contribution < -0.4 is 28.6 Å². The van der Waals surface area contributed by atoms with E-state index in [1.54, 1.807) is 0 Å². The van der Waals surface area contributed by atoms with Gasteiger partial charge in [-0.15, -0.1) is 0 Å². The van der Waals surface area contributed by atoms with Crippen molar-refractivity contribution >= 4 is 38.9 Å². The van der Waals surface area contributed by atoms with Crippen LogP contribution in [-0.4, -0.2) is 49.3 Å². The van der Waals surface area contributed by atoms with Gasteiger partial charge in [-0.05, 0) is 42.5 Å². The summed E-state index contributed by atoms with van der Waals surface area (Å²) in [6, 6.07) is 10.5. The molecule has 0 bridgehead atoms. The highest BCUT2D eigenvalue weighted by molar-refractivity contribution is 7.92. The van der Waals surface area contributed by atoms with E-state index in [-0.39, 0.29) is 44.3 Å². The number of sulfonamides is 1. The number of nitrogens with zero attached hydrogens (tertiary/aromatic N) is 1. The molecule has 0 heterocycles. The SMILES string of the molecule is COc1ccc(OC)c(N(CC(=O)Nc2cc(C(F)(F)F)ccc2Cl)S(=O)(=O)c2ccc(OC)c(OC)c2)c1. The second kappa shape index (κ2) is 11.9. The number of benzene rings is 3. The molecule has 0 fully saturated rings. The van der Waals surface area contributed by atoms with Crippen LogP contribution in [0.4, 0.5) is 24.5 Å². The van der Waals surface area contributed by atoms with Crippen LogP contribution in [0.25, 0.3) is 0 Å². The van der Waals surface area contributed by atoms with Gasteiger partial charge in [0, 0.05) is 12.1 Å². The lowest BCUT2D eigenvalue weighted by molar-refractivity contribution is -0.137. The van der Waals surface area contributed by atoms with Gasteiger partial charge in [-0.25, -0.2) is 8.42 Å². The van der Waals surface area contributed by atoms with Gasteiger partial charge in [-0.1, -0.05) is 11.6 Å². The van der Waals surface area contributed by atoms with Gasteiger partial charge < -0.3 is 24.3 Å². The molecule has 9 nitrogen and oxygen atoms in total. The molecule has 1 amide bonds. The largest absolute Gasteiger partial charge is 0.497 e. The molecule has 3 aromatic rings. The summed E-state index contributed by atoms with van der Waals surface area (Å²) in [4.78, 5) is 12.8. The van der Waals surface area contributed by atoms with E-state index >= 15 is 0 Å². The number of nitrogens with one attached hydrogen (secondary N) is 1. The Kier molecular flexibility index (Phi) is 9.07. The van der Waals surface area contributed by atoms with Gasteiger partial charge in [0.25, 0.3) is 10.0 Å². The van der Waals surface area contributed by atoms with Crippen LogP contribution in [0.2, 0.25) is 5.02 Å². The summed E-state index contributed by atoms with van der Waals surface area (Å²) >= 11 is 6.00. The van der Waals surface area contributed by atoms with Crippen molar-refractivity contribution in [2.24, 2.45) is 0 Å². The highest BCUT2D eigenvalue weighted by Crippen LogP contribution is 2.38. The van der Waals surface area contributed by atoms with Crippen molar-refractivity contribution in [1.82, 2.24) is 0 Å². The predicted octanol–water partition coefficient (Wildman–Crippen LogP) is 5.23. The summed E-state index contributed by atoms with van der Waals surface area (Å²) in [7, 11) is 0.854. The molecule has 0 aliphatic rings. The number of hydrogen-bond donors (Lipinski definition) is 1. The van der Waals surface area contributed by atoms with Crippen molar-refractivity contribution in [1.29, 1.82) is 0 Å². The molecule has 3 rings (SSSR count). The number of alkyl halides is 3. The normalized spacial score (nSPS) is 11.5. The molecule has 0 aliphatic carbocycles. The third-order valence-corrected chi connectivity index (χ3v) is 7.54. The summed E-state index contributed by atoms with van der Waals surface area (Å²) < 4.78 is 89.0. The Labute approximate surface area is 228 Å². The first-order valence-electron chi connectivity index (χ1n) is 11.0. The molecule has 0 aromatic heterocycles. The quantitative estimate of drug-likeness (QED) is 0.346. The fraction of sp³-hybridized carbons (Fsp3) is 0.240. The number of methoxy groups -OCH3 is 4. The average molecular weight is 589 g/mol. The Morgan fingerprint density at radius 3 is 2.10 bits per heavy atom. The Morgan fingerprint density at radius 2 is 1.51 bits per heavy atom. The van der Waals surface area contributed by atoms with Gasteiger partial charge in [0.05, 0.1) is 55.3 Å². The van der Waals surface area contributed by atoms with E-state index in [1.165, 1.54) is 64.8 Å². The molecule has 210 valence electrons. The summed E-state index contributed by atoms with van der Waals surface area (Å²) in [6.07, 6.45) is -4.69. The monoisotopic (exact) mass is 588 g/mol. The minimum Gasteiger partial charge on any atom is -0.497 e. The summed E-state index contributed by atoms with van der Waals surface area (Å²) in [5.74, 6) is -0.287. The molecule has 1 N–H and O–H groups in total. The summed E-state index contributed by atoms with van der Waals surface area (Å²) in [5, 5.41) is 2.08. The molecule has 3 aromatic carbocycles. The summed E-state index contributed by atoms with van der Waals surface area (Å²) in [6.45, 7) is -0.868. The van der Waals surface area contributed by atoms with Crippen LogP contribution in [-0.2, 0) is 21.0 Å². The van der Waals surface area contributed by atoms with E-state index in [0.717, 1.165) is 16.4 Å². The Morgan fingerprint density at radius 1 is 0.872 bits per heavy atom. The maximum atomic E-state index is 13.9. The van der Waals surface area contributed by atoms with Crippen LogP contribution in [0, 0.1) is 0 Å². The Balaban J connectivity index is 2.11. The van der Waals surface area contributed by atoms with Crippen LogP contribution in [0.3, 0.4) is 0 Å². The minimum atomic E-state index is -4.69. The second-order valence-corrected chi connectivity index (χ2v) is 10.1. The van der Waals surface area contributed by atoms with E-state index in [4.69, 9.17) is 30.5 Å². The first-order chi connectivity index (χ1) is 18.3. The first-order valence-corrected chi connectivity index (χ1v) is 12.8. The number of rotatable bonds is 10. The van der Waals surface area contributed by atoms with E-state index in [1.807, 2.05) is 0 Å². The van der Waals surface area contributed by atoms with Crippen molar-refractivity contribution in [2.75, 3.05) is 44.6 Å². The molecule has 0 spiro atoms.